The van der Waals surface area contributed by atoms with Gasteiger partial charge in [0.2, 0.25) is 11.9 Å². The van der Waals surface area contributed by atoms with Crippen LogP contribution in [0.5, 0.6) is 0 Å². The van der Waals surface area contributed by atoms with Crippen molar-refractivity contribution in [3.05, 3.63) is 78.1 Å². The number of imidazole rings is 1. The van der Waals surface area contributed by atoms with Crippen molar-refractivity contribution in [3.8, 4) is 0 Å². The summed E-state index contributed by atoms with van der Waals surface area (Å²) in [4.78, 5) is 67.8. The zero-order valence-electron chi connectivity index (χ0n) is 28.2. The van der Waals surface area contributed by atoms with Gasteiger partial charge in [-0.15, -0.1) is 0 Å². The van der Waals surface area contributed by atoms with Gasteiger partial charge in [-0.1, -0.05) is 74.0 Å². The maximum Gasteiger partial charge on any atom is 0.433 e. The summed E-state index contributed by atoms with van der Waals surface area (Å²) in [5.41, 5.74) is 2.89. The largest absolute Gasteiger partial charge is 0.480 e. The Morgan fingerprint density at radius 3 is 2.26 bits per heavy atom. The molecule has 0 atom stereocenters. The molecule has 4 aromatic rings. The number of rotatable bonds is 18. The van der Waals surface area contributed by atoms with Gasteiger partial charge in [0.25, 0.3) is 0 Å². The van der Waals surface area contributed by atoms with Gasteiger partial charge in [-0.3, -0.25) is 14.9 Å². The molecule has 0 aliphatic heterocycles. The second kappa shape index (κ2) is 19.2. The Bertz CT molecular complexity index is 1760. The first-order valence-electron chi connectivity index (χ1n) is 16.4. The average molecular weight is 687 g/mol. The predicted octanol–water partition coefficient (Wildman–Crippen LogP) is 5.67. The fourth-order valence-electron chi connectivity index (χ4n) is 4.90. The molecular weight excluding hydrogens is 644 g/mol. The molecule has 0 spiro atoms. The Morgan fingerprint density at radius 1 is 0.920 bits per heavy atom. The van der Waals surface area contributed by atoms with E-state index in [1.54, 1.807) is 6.92 Å². The molecule has 3 N–H and O–H groups in total. The summed E-state index contributed by atoms with van der Waals surface area (Å²) in [7, 11) is 0. The van der Waals surface area contributed by atoms with Gasteiger partial charge in [-0.25, -0.2) is 14.6 Å². The van der Waals surface area contributed by atoms with E-state index < -0.39 is 30.6 Å². The summed E-state index contributed by atoms with van der Waals surface area (Å²) in [5.74, 6) is -1.24. The van der Waals surface area contributed by atoms with Gasteiger partial charge in [0.05, 0.1) is 6.33 Å². The number of unbranched alkanes of at least 4 members (excludes halogenated alkanes) is 2. The molecule has 0 fully saturated rings. The van der Waals surface area contributed by atoms with E-state index >= 15 is 0 Å². The van der Waals surface area contributed by atoms with Gasteiger partial charge < -0.3 is 29.4 Å². The van der Waals surface area contributed by atoms with Crippen LogP contribution in [0, 0.1) is 0 Å². The van der Waals surface area contributed by atoms with Crippen molar-refractivity contribution in [2.24, 2.45) is 4.99 Å². The van der Waals surface area contributed by atoms with E-state index in [9.17, 15) is 24.3 Å². The monoisotopic (exact) mass is 686 g/mol. The van der Waals surface area contributed by atoms with Crippen LogP contribution in [0.4, 0.5) is 21.4 Å². The summed E-state index contributed by atoms with van der Waals surface area (Å²) < 4.78 is 12.1. The van der Waals surface area contributed by atoms with Crippen molar-refractivity contribution in [1.82, 2.24) is 24.4 Å². The summed E-state index contributed by atoms with van der Waals surface area (Å²) in [6, 6.07) is 18.6. The number of nitrogens with zero attached hydrogens (tertiary/aromatic N) is 6. The smallest absolute Gasteiger partial charge is 0.433 e. The number of aliphatic carboxylic acids is 1. The van der Waals surface area contributed by atoms with Gasteiger partial charge in [-0.05, 0) is 43.7 Å². The molecule has 2 aromatic heterocycles. The molecule has 0 saturated carbocycles. The van der Waals surface area contributed by atoms with Gasteiger partial charge >= 0.3 is 18.2 Å². The highest BCUT2D eigenvalue weighted by Gasteiger charge is 2.21. The molecule has 0 aliphatic rings. The third kappa shape index (κ3) is 12.0. The van der Waals surface area contributed by atoms with Gasteiger partial charge in [0.1, 0.15) is 26.3 Å². The molecule has 2 heterocycles. The molecule has 3 amide bonds. The number of aromatic nitrogens is 4. The zero-order chi connectivity index (χ0) is 35.7. The second-order valence-corrected chi connectivity index (χ2v) is 11.5. The topological polar surface area (TPSA) is 190 Å². The highest BCUT2D eigenvalue weighted by Crippen LogP contribution is 2.22. The Balaban J connectivity index is 1.37. The second-order valence-electron chi connectivity index (χ2n) is 11.5. The molecule has 0 bridgehead atoms. The molecule has 0 aliphatic carbocycles. The minimum Gasteiger partial charge on any atom is -0.480 e. The van der Waals surface area contributed by atoms with Crippen LogP contribution in [0.2, 0.25) is 0 Å². The van der Waals surface area contributed by atoms with Crippen molar-refractivity contribution in [2.45, 2.75) is 65.7 Å². The molecular formula is C35H42N8O7. The first-order chi connectivity index (χ1) is 24.2. The summed E-state index contributed by atoms with van der Waals surface area (Å²) in [5, 5.41) is 15.1. The number of fused-ring (bicyclic) bond motifs is 1. The normalized spacial score (nSPS) is 11.2. The van der Waals surface area contributed by atoms with E-state index in [2.05, 4.69) is 30.6 Å². The molecule has 0 radical (unpaired) electrons. The standard InChI is InChI=1S/C35H42N8O7/c1-3-19-42(21-29(45)46)28(44)20-43-24-37-30-31(40-35(48)50-23-27-16-10-5-11-17-27)39-33(41-32(30)43)36-18-12-6-7-13-25(2)38-34(47)49-22-26-14-8-4-9-15-26/h4-5,8-11,14-17,24H,3,6-7,12-13,18-23H2,1-2H3,(H,45,46)(H2,36,39,40,41,48)/b38-25-. The van der Waals surface area contributed by atoms with Crippen LogP contribution in [0.15, 0.2) is 72.0 Å². The number of aliphatic imine (C=N–C) groups is 1. The summed E-state index contributed by atoms with van der Waals surface area (Å²) >= 11 is 0. The predicted molar refractivity (Wildman–Crippen MR) is 187 cm³/mol. The number of hydrogen-bond donors (Lipinski definition) is 3. The van der Waals surface area contributed by atoms with Crippen molar-refractivity contribution in [3.63, 3.8) is 0 Å². The molecule has 2 aromatic carbocycles. The van der Waals surface area contributed by atoms with Crippen LogP contribution in [-0.2, 0) is 38.8 Å². The molecule has 4 rings (SSSR count). The summed E-state index contributed by atoms with van der Waals surface area (Å²) in [6.45, 7) is 4.00. The lowest BCUT2D eigenvalue weighted by Gasteiger charge is -2.20. The van der Waals surface area contributed by atoms with Crippen LogP contribution in [-0.4, -0.2) is 78.9 Å². The molecule has 15 heteroatoms. The minimum atomic E-state index is -1.11. The van der Waals surface area contributed by atoms with Crippen molar-refractivity contribution >= 4 is 52.7 Å². The quantitative estimate of drug-likeness (QED) is 0.0864. The average Bonchev–Trinajstić information content (AvgIpc) is 3.51. The lowest BCUT2D eigenvalue weighted by Crippen LogP contribution is -2.38. The Labute approximate surface area is 289 Å². The maximum absolute atomic E-state index is 13.0. The fraction of sp³-hybridized carbons (Fsp3) is 0.371. The van der Waals surface area contributed by atoms with Crippen LogP contribution >= 0.6 is 0 Å². The van der Waals surface area contributed by atoms with Crippen LogP contribution < -0.4 is 10.6 Å². The Kier molecular flexibility index (Phi) is 14.2. The highest BCUT2D eigenvalue weighted by molar-refractivity contribution is 5.94. The first kappa shape index (κ1) is 37.0. The zero-order valence-corrected chi connectivity index (χ0v) is 28.2. The first-order valence-corrected chi connectivity index (χ1v) is 16.4. The number of nitrogens with one attached hydrogen (secondary N) is 2. The number of ether oxygens (including phenoxy) is 2. The summed E-state index contributed by atoms with van der Waals surface area (Å²) in [6.07, 6.45) is 3.61. The molecule has 0 saturated heterocycles. The van der Waals surface area contributed by atoms with E-state index in [0.29, 0.717) is 25.1 Å². The van der Waals surface area contributed by atoms with Crippen molar-refractivity contribution in [1.29, 1.82) is 0 Å². The van der Waals surface area contributed by atoms with Gasteiger partial charge in [0, 0.05) is 18.8 Å². The number of carboxylic acid groups (broad SMARTS) is 1. The van der Waals surface area contributed by atoms with E-state index in [1.165, 1.54) is 15.8 Å². The molecule has 15 nitrogen and oxygen atoms in total. The number of carboxylic acids is 1. The van der Waals surface area contributed by atoms with Crippen LogP contribution in [0.3, 0.4) is 0 Å². The van der Waals surface area contributed by atoms with Gasteiger partial charge in [0.15, 0.2) is 17.0 Å². The van der Waals surface area contributed by atoms with E-state index in [4.69, 9.17) is 9.47 Å². The molecule has 0 unspecified atom stereocenters. The number of anilines is 2. The fourth-order valence-corrected chi connectivity index (χ4v) is 4.90. The van der Waals surface area contributed by atoms with E-state index in [-0.39, 0.29) is 49.2 Å². The number of hydrogen-bond acceptors (Lipinski definition) is 10. The SMILES string of the molecule is CCCN(CC(=O)O)C(=O)Cn1cnc2c(NC(=O)OCc3ccccc3)nc(NCCCCC/C(C)=N\C(=O)OCc3ccccc3)nc21. The lowest BCUT2D eigenvalue weighted by molar-refractivity contribution is -0.144. The van der Waals surface area contributed by atoms with E-state index in [0.717, 1.165) is 30.4 Å². The number of carbonyl (C=O) groups is 4. The van der Waals surface area contributed by atoms with Crippen molar-refractivity contribution in [2.75, 3.05) is 30.3 Å². The molecule has 264 valence electrons. The number of amides is 3. The molecule has 50 heavy (non-hydrogen) atoms. The highest BCUT2D eigenvalue weighted by atomic mass is 16.6. The Morgan fingerprint density at radius 2 is 1.60 bits per heavy atom. The van der Waals surface area contributed by atoms with Gasteiger partial charge in [-0.2, -0.15) is 15.0 Å². The van der Waals surface area contributed by atoms with Crippen LogP contribution in [0.1, 0.15) is 57.1 Å². The number of benzene rings is 2. The van der Waals surface area contributed by atoms with Crippen molar-refractivity contribution < 1.29 is 33.8 Å². The Hall–Kier alpha value is -5.86. The number of carbonyl (C=O) groups excluding carboxylic acids is 3. The minimum absolute atomic E-state index is 0.0465. The third-order valence-corrected chi connectivity index (χ3v) is 7.36. The lowest BCUT2D eigenvalue weighted by atomic mass is 10.1. The van der Waals surface area contributed by atoms with E-state index in [1.807, 2.05) is 67.6 Å². The third-order valence-electron chi connectivity index (χ3n) is 7.36. The maximum atomic E-state index is 13.0. The van der Waals surface area contributed by atoms with Crippen LogP contribution in [0.25, 0.3) is 11.2 Å².